The number of carbonyl (C=O) groups excluding carboxylic acids is 3. The third-order valence-corrected chi connectivity index (χ3v) is 7.33. The maximum Gasteiger partial charge on any atom is 0.360 e. The normalized spacial score (nSPS) is 15.9. The zero-order chi connectivity index (χ0) is 29.4. The van der Waals surface area contributed by atoms with Gasteiger partial charge in [-0.05, 0) is 66.9 Å². The molecule has 2 N–H and O–H groups in total. The van der Waals surface area contributed by atoms with Crippen molar-refractivity contribution >= 4 is 40.1 Å². The molecule has 1 atom stereocenters. The van der Waals surface area contributed by atoms with Gasteiger partial charge in [-0.3, -0.25) is 14.4 Å². The number of benzene rings is 3. The van der Waals surface area contributed by atoms with Gasteiger partial charge in [0.05, 0.1) is 14.2 Å². The first kappa shape index (κ1) is 26.9. The Morgan fingerprint density at radius 2 is 1.79 bits per heavy atom. The number of fused-ring (bicyclic) bond motifs is 3. The monoisotopic (exact) mass is 569 g/mol. The van der Waals surface area contributed by atoms with Crippen molar-refractivity contribution in [1.29, 1.82) is 0 Å². The fourth-order valence-corrected chi connectivity index (χ4v) is 5.17. The second-order valence-electron chi connectivity index (χ2n) is 9.93. The Morgan fingerprint density at radius 3 is 2.55 bits per heavy atom. The molecule has 0 aliphatic carbocycles. The summed E-state index contributed by atoms with van der Waals surface area (Å²) in [4.78, 5) is 53.3. The number of amides is 3. The number of anilines is 2. The minimum absolute atomic E-state index is 0.0701. The van der Waals surface area contributed by atoms with Crippen molar-refractivity contribution in [2.75, 3.05) is 37.9 Å². The van der Waals surface area contributed by atoms with Gasteiger partial charge in [-0.25, -0.2) is 4.79 Å². The van der Waals surface area contributed by atoms with Gasteiger partial charge >= 0.3 is 5.63 Å². The summed E-state index contributed by atoms with van der Waals surface area (Å²) in [6.45, 7) is 1.16. The molecule has 0 spiro atoms. The summed E-state index contributed by atoms with van der Waals surface area (Å²) in [7, 11) is 3.11. The lowest BCUT2D eigenvalue weighted by Crippen LogP contribution is -2.49. The van der Waals surface area contributed by atoms with Crippen LogP contribution in [0.4, 0.5) is 11.4 Å². The second kappa shape index (κ2) is 10.9. The van der Waals surface area contributed by atoms with E-state index in [1.54, 1.807) is 42.3 Å². The number of methoxy groups -OCH3 is 2. The molecule has 0 radical (unpaired) electrons. The van der Waals surface area contributed by atoms with E-state index >= 15 is 0 Å². The summed E-state index contributed by atoms with van der Waals surface area (Å²) in [5.41, 5.74) is 1.04. The van der Waals surface area contributed by atoms with Crippen LogP contribution in [0, 0.1) is 0 Å². The number of likely N-dealkylation sites (tertiary alicyclic amines) is 1. The molecule has 1 aromatic heterocycles. The topological polar surface area (TPSA) is 136 Å². The molecule has 6 rings (SSSR count). The number of rotatable bonds is 6. The molecule has 2 aliphatic rings. The minimum atomic E-state index is -1.32. The molecule has 3 amide bonds. The highest BCUT2D eigenvalue weighted by atomic mass is 16.5. The van der Waals surface area contributed by atoms with Crippen molar-refractivity contribution < 1.29 is 33.0 Å². The predicted molar refractivity (Wildman–Crippen MR) is 154 cm³/mol. The van der Waals surface area contributed by atoms with Crippen LogP contribution < -0.4 is 30.5 Å². The molecule has 1 fully saturated rings. The van der Waals surface area contributed by atoms with Crippen LogP contribution in [0.1, 0.15) is 23.2 Å². The molecule has 1 saturated heterocycles. The van der Waals surface area contributed by atoms with Crippen molar-refractivity contribution in [3.8, 4) is 28.4 Å². The summed E-state index contributed by atoms with van der Waals surface area (Å²) in [5, 5.41) is 5.71. The second-order valence-corrected chi connectivity index (χ2v) is 9.93. The van der Waals surface area contributed by atoms with E-state index in [0.29, 0.717) is 35.5 Å². The first-order chi connectivity index (χ1) is 20.4. The number of hydrogen-bond acceptors (Lipinski definition) is 8. The number of nitrogens with zero attached hydrogens (tertiary/aromatic N) is 1. The van der Waals surface area contributed by atoms with Gasteiger partial charge in [0.25, 0.3) is 23.8 Å². The Hall–Kier alpha value is -5.32. The summed E-state index contributed by atoms with van der Waals surface area (Å²) in [5.74, 6) is -0.157. The van der Waals surface area contributed by atoms with Gasteiger partial charge in [0.15, 0.2) is 5.58 Å². The van der Waals surface area contributed by atoms with E-state index < -0.39 is 29.5 Å². The van der Waals surface area contributed by atoms with Gasteiger partial charge in [0.2, 0.25) is 0 Å². The van der Waals surface area contributed by atoms with Crippen molar-refractivity contribution in [2.24, 2.45) is 0 Å². The Kier molecular flexibility index (Phi) is 6.99. The summed E-state index contributed by atoms with van der Waals surface area (Å²) >= 11 is 0. The Balaban J connectivity index is 1.27. The van der Waals surface area contributed by atoms with Crippen molar-refractivity contribution in [1.82, 2.24) is 4.90 Å². The van der Waals surface area contributed by atoms with Crippen LogP contribution in [0.2, 0.25) is 0 Å². The zero-order valence-electron chi connectivity index (χ0n) is 22.9. The van der Waals surface area contributed by atoms with Crippen molar-refractivity contribution in [3.05, 3.63) is 76.6 Å². The van der Waals surface area contributed by atoms with Crippen LogP contribution in [0.3, 0.4) is 0 Å². The summed E-state index contributed by atoms with van der Waals surface area (Å²) in [6, 6.07) is 16.9. The van der Waals surface area contributed by atoms with Crippen LogP contribution in [0.15, 0.2) is 69.9 Å². The van der Waals surface area contributed by atoms with Crippen LogP contribution in [-0.4, -0.2) is 56.0 Å². The van der Waals surface area contributed by atoms with Gasteiger partial charge in [-0.15, -0.1) is 0 Å². The van der Waals surface area contributed by atoms with Gasteiger partial charge in [-0.1, -0.05) is 12.1 Å². The van der Waals surface area contributed by atoms with Crippen molar-refractivity contribution in [2.45, 2.75) is 18.9 Å². The van der Waals surface area contributed by atoms with E-state index in [1.165, 1.54) is 13.2 Å². The van der Waals surface area contributed by atoms with Crippen LogP contribution >= 0.6 is 0 Å². The molecule has 4 aromatic rings. The first-order valence-electron chi connectivity index (χ1n) is 13.4. The molecule has 42 heavy (non-hydrogen) atoms. The molecule has 1 unspecified atom stereocenters. The van der Waals surface area contributed by atoms with Gasteiger partial charge < -0.3 is 34.2 Å². The molecule has 214 valence electrons. The van der Waals surface area contributed by atoms with Gasteiger partial charge in [0, 0.05) is 29.6 Å². The maximum atomic E-state index is 13.2. The molecule has 2 aliphatic heterocycles. The minimum Gasteiger partial charge on any atom is -0.497 e. The third-order valence-electron chi connectivity index (χ3n) is 7.33. The molecule has 3 aromatic carbocycles. The fourth-order valence-electron chi connectivity index (χ4n) is 5.17. The molecule has 11 nitrogen and oxygen atoms in total. The number of ether oxygens (including phenoxy) is 3. The largest absolute Gasteiger partial charge is 0.497 e. The van der Waals surface area contributed by atoms with E-state index in [-0.39, 0.29) is 28.3 Å². The highest BCUT2D eigenvalue weighted by Crippen LogP contribution is 2.37. The lowest BCUT2D eigenvalue weighted by atomic mass is 10.0. The number of nitrogens with one attached hydrogen (secondary N) is 2. The molecular weight excluding hydrogens is 542 g/mol. The zero-order valence-corrected chi connectivity index (χ0v) is 22.9. The maximum absolute atomic E-state index is 13.2. The lowest BCUT2D eigenvalue weighted by molar-refractivity contribution is -0.143. The van der Waals surface area contributed by atoms with Gasteiger partial charge in [0.1, 0.15) is 28.6 Å². The Morgan fingerprint density at radius 1 is 0.976 bits per heavy atom. The average Bonchev–Trinajstić information content (AvgIpc) is 3.56. The molecule has 3 heterocycles. The van der Waals surface area contributed by atoms with E-state index in [2.05, 4.69) is 10.6 Å². The van der Waals surface area contributed by atoms with Crippen LogP contribution in [-0.2, 0) is 9.59 Å². The standard InChI is InChI=1S/C31H27N3O8/c1-39-20-7-5-6-17(14-20)21-15-19(9-10-23(21)40-2)28(35)32-22-16-18-8-11-24-25(26(18)42-31(22)38)33-29(36)27(41-24)30(37)34-12-3-4-13-34/h5-11,14-16,27H,3-4,12-13H2,1-2H3,(H,32,35)(H,33,36). The highest BCUT2D eigenvalue weighted by molar-refractivity contribution is 6.14. The van der Waals surface area contributed by atoms with E-state index in [9.17, 15) is 19.2 Å². The SMILES string of the molecule is COc1cccc(-c2cc(C(=O)Nc3cc4ccc5c(c4oc3=O)NC(=O)C(C(=O)N3CCCC3)O5)ccc2OC)c1. The number of hydrogen-bond donors (Lipinski definition) is 2. The average molecular weight is 570 g/mol. The predicted octanol–water partition coefficient (Wildman–Crippen LogP) is 4.05. The fraction of sp³-hybridized carbons (Fsp3) is 0.226. The van der Waals surface area contributed by atoms with Crippen molar-refractivity contribution in [3.63, 3.8) is 0 Å². The third kappa shape index (κ3) is 4.89. The van der Waals surface area contributed by atoms with E-state index in [0.717, 1.165) is 18.4 Å². The van der Waals surface area contributed by atoms with E-state index in [4.69, 9.17) is 18.6 Å². The molecule has 11 heteroatoms. The summed E-state index contributed by atoms with van der Waals surface area (Å²) < 4.78 is 22.1. The van der Waals surface area contributed by atoms with Gasteiger partial charge in [-0.2, -0.15) is 0 Å². The quantitative estimate of drug-likeness (QED) is 0.262. The number of carbonyl (C=O) groups is 3. The molecular formula is C31H27N3O8. The first-order valence-corrected chi connectivity index (χ1v) is 13.4. The Labute approximate surface area is 240 Å². The highest BCUT2D eigenvalue weighted by Gasteiger charge is 2.38. The molecule has 0 saturated carbocycles. The lowest BCUT2D eigenvalue weighted by Gasteiger charge is -2.28. The Bertz CT molecular complexity index is 1790. The smallest absolute Gasteiger partial charge is 0.360 e. The van der Waals surface area contributed by atoms with E-state index in [1.807, 2.05) is 24.3 Å². The van der Waals surface area contributed by atoms with Crippen LogP contribution in [0.25, 0.3) is 22.1 Å². The van der Waals surface area contributed by atoms with Crippen LogP contribution in [0.5, 0.6) is 17.2 Å². The molecule has 0 bridgehead atoms. The summed E-state index contributed by atoms with van der Waals surface area (Å²) in [6.07, 6.45) is 0.449.